The van der Waals surface area contributed by atoms with Crippen molar-refractivity contribution in [2.75, 3.05) is 11.9 Å². The molecular formula is C12H19FN4. The summed E-state index contributed by atoms with van der Waals surface area (Å²) in [4.78, 5) is 4.19. The first-order valence-corrected chi connectivity index (χ1v) is 5.71. The van der Waals surface area contributed by atoms with Gasteiger partial charge in [0.2, 0.25) is 5.96 Å². The second kappa shape index (κ2) is 6.85. The molecule has 0 spiro atoms. The van der Waals surface area contributed by atoms with Crippen LogP contribution in [0.25, 0.3) is 0 Å². The summed E-state index contributed by atoms with van der Waals surface area (Å²) in [5, 5.41) is 2.82. The van der Waals surface area contributed by atoms with Crippen molar-refractivity contribution < 1.29 is 4.39 Å². The number of halogens is 1. The van der Waals surface area contributed by atoms with E-state index in [0.29, 0.717) is 18.2 Å². The number of guanidine groups is 1. The van der Waals surface area contributed by atoms with Gasteiger partial charge in [0, 0.05) is 6.54 Å². The van der Waals surface area contributed by atoms with Gasteiger partial charge in [-0.3, -0.25) is 10.4 Å². The van der Waals surface area contributed by atoms with Gasteiger partial charge in [0.15, 0.2) is 0 Å². The zero-order valence-electron chi connectivity index (χ0n) is 10.3. The highest BCUT2D eigenvalue weighted by molar-refractivity contribution is 5.93. The Morgan fingerprint density at radius 3 is 2.82 bits per heavy atom. The Bertz CT molecular complexity index is 390. The van der Waals surface area contributed by atoms with Crippen molar-refractivity contribution in [3.05, 3.63) is 29.6 Å². The molecule has 4 nitrogen and oxygen atoms in total. The van der Waals surface area contributed by atoms with E-state index in [-0.39, 0.29) is 5.82 Å². The molecule has 0 aliphatic heterocycles. The summed E-state index contributed by atoms with van der Waals surface area (Å²) >= 11 is 0. The lowest BCUT2D eigenvalue weighted by Crippen LogP contribution is -2.36. The third kappa shape index (κ3) is 4.40. The minimum Gasteiger partial charge on any atom is -0.323 e. The second-order valence-electron chi connectivity index (χ2n) is 3.84. The monoisotopic (exact) mass is 238 g/mol. The van der Waals surface area contributed by atoms with Crippen molar-refractivity contribution in [2.24, 2.45) is 10.8 Å². The van der Waals surface area contributed by atoms with E-state index in [1.54, 1.807) is 6.07 Å². The SMILES string of the molecule is CCCCN=C(NN)Nc1ccc(C)cc1F. The Kier molecular flexibility index (Phi) is 5.42. The first kappa shape index (κ1) is 13.4. The molecule has 0 aliphatic rings. The molecule has 0 radical (unpaired) electrons. The van der Waals surface area contributed by atoms with E-state index in [1.807, 2.05) is 13.0 Å². The summed E-state index contributed by atoms with van der Waals surface area (Å²) in [5.74, 6) is 5.38. The highest BCUT2D eigenvalue weighted by atomic mass is 19.1. The number of nitrogens with one attached hydrogen (secondary N) is 2. The van der Waals surface area contributed by atoms with Crippen LogP contribution in [0.5, 0.6) is 0 Å². The maximum absolute atomic E-state index is 13.5. The van der Waals surface area contributed by atoms with Gasteiger partial charge in [0.1, 0.15) is 5.82 Å². The predicted octanol–water partition coefficient (Wildman–Crippen LogP) is 2.17. The van der Waals surface area contributed by atoms with Gasteiger partial charge in [0.25, 0.3) is 0 Å². The first-order valence-electron chi connectivity index (χ1n) is 5.71. The molecular weight excluding hydrogens is 219 g/mol. The van der Waals surface area contributed by atoms with Crippen LogP contribution < -0.4 is 16.6 Å². The third-order valence-corrected chi connectivity index (χ3v) is 2.30. The van der Waals surface area contributed by atoms with Gasteiger partial charge in [-0.25, -0.2) is 10.2 Å². The zero-order valence-corrected chi connectivity index (χ0v) is 10.3. The molecule has 0 atom stereocenters. The fourth-order valence-corrected chi connectivity index (χ4v) is 1.32. The predicted molar refractivity (Wildman–Crippen MR) is 69.3 cm³/mol. The number of hydrazine groups is 1. The van der Waals surface area contributed by atoms with Crippen molar-refractivity contribution in [3.8, 4) is 0 Å². The highest BCUT2D eigenvalue weighted by Gasteiger charge is 2.04. The molecule has 0 aliphatic carbocycles. The van der Waals surface area contributed by atoms with E-state index in [4.69, 9.17) is 5.84 Å². The number of aliphatic imine (C=N–C) groups is 1. The van der Waals surface area contributed by atoms with E-state index < -0.39 is 0 Å². The lowest BCUT2D eigenvalue weighted by atomic mass is 10.2. The molecule has 0 aromatic heterocycles. The Morgan fingerprint density at radius 2 is 2.24 bits per heavy atom. The Labute approximate surface area is 101 Å². The summed E-state index contributed by atoms with van der Waals surface area (Å²) in [6.45, 7) is 4.58. The summed E-state index contributed by atoms with van der Waals surface area (Å²) in [7, 11) is 0. The van der Waals surface area contributed by atoms with Crippen LogP contribution in [0.3, 0.4) is 0 Å². The van der Waals surface area contributed by atoms with Gasteiger partial charge < -0.3 is 5.32 Å². The molecule has 1 aromatic rings. The number of aryl methyl sites for hydroxylation is 1. The van der Waals surface area contributed by atoms with E-state index >= 15 is 0 Å². The molecule has 0 bridgehead atoms. The molecule has 0 saturated carbocycles. The summed E-state index contributed by atoms with van der Waals surface area (Å²) in [5.41, 5.74) is 3.66. The normalized spacial score (nSPS) is 11.4. The van der Waals surface area contributed by atoms with Crippen LogP contribution in [0.15, 0.2) is 23.2 Å². The molecule has 0 saturated heterocycles. The van der Waals surface area contributed by atoms with Crippen molar-refractivity contribution >= 4 is 11.6 Å². The van der Waals surface area contributed by atoms with Crippen LogP contribution in [0.1, 0.15) is 25.3 Å². The summed E-state index contributed by atoms with van der Waals surface area (Å²) in [6.07, 6.45) is 2.03. The molecule has 17 heavy (non-hydrogen) atoms. The van der Waals surface area contributed by atoms with E-state index in [9.17, 15) is 4.39 Å². The molecule has 0 fully saturated rings. The standard InChI is InChI=1S/C12H19FN4/c1-3-4-7-15-12(17-14)16-11-6-5-9(2)8-10(11)13/h5-6,8H,3-4,7,14H2,1-2H3,(H2,15,16,17). The highest BCUT2D eigenvalue weighted by Crippen LogP contribution is 2.14. The van der Waals surface area contributed by atoms with Gasteiger partial charge in [-0.15, -0.1) is 0 Å². The smallest absolute Gasteiger partial charge is 0.210 e. The summed E-state index contributed by atoms with van der Waals surface area (Å²) in [6, 6.07) is 4.95. The average Bonchev–Trinajstić information content (AvgIpc) is 2.31. The van der Waals surface area contributed by atoms with Crippen molar-refractivity contribution in [3.63, 3.8) is 0 Å². The van der Waals surface area contributed by atoms with E-state index in [2.05, 4.69) is 22.7 Å². The number of unbranched alkanes of at least 4 members (excludes halogenated alkanes) is 1. The van der Waals surface area contributed by atoms with E-state index in [0.717, 1.165) is 18.4 Å². The lowest BCUT2D eigenvalue weighted by Gasteiger charge is -2.10. The maximum atomic E-state index is 13.5. The van der Waals surface area contributed by atoms with Gasteiger partial charge in [0.05, 0.1) is 5.69 Å². The third-order valence-electron chi connectivity index (χ3n) is 2.30. The topological polar surface area (TPSA) is 62.4 Å². The fraction of sp³-hybridized carbons (Fsp3) is 0.417. The number of nitrogens with two attached hydrogens (primary N) is 1. The minimum atomic E-state index is -0.316. The molecule has 1 rings (SSSR count). The van der Waals surface area contributed by atoms with Crippen LogP contribution >= 0.6 is 0 Å². The van der Waals surface area contributed by atoms with Crippen LogP contribution in [0.2, 0.25) is 0 Å². The largest absolute Gasteiger partial charge is 0.323 e. The lowest BCUT2D eigenvalue weighted by molar-refractivity contribution is 0.630. The molecule has 94 valence electrons. The van der Waals surface area contributed by atoms with E-state index in [1.165, 1.54) is 6.07 Å². The second-order valence-corrected chi connectivity index (χ2v) is 3.84. The molecule has 1 aromatic carbocycles. The molecule has 5 heteroatoms. The Hall–Kier alpha value is -1.62. The van der Waals surface area contributed by atoms with Crippen molar-refractivity contribution in [1.82, 2.24) is 5.43 Å². The number of benzene rings is 1. The number of rotatable bonds is 4. The summed E-state index contributed by atoms with van der Waals surface area (Å²) < 4.78 is 13.5. The maximum Gasteiger partial charge on any atom is 0.210 e. The molecule has 4 N–H and O–H groups in total. The molecule has 0 heterocycles. The number of hydrogen-bond donors (Lipinski definition) is 3. The van der Waals surface area contributed by atoms with Crippen LogP contribution in [0, 0.1) is 12.7 Å². The van der Waals surface area contributed by atoms with Gasteiger partial charge in [-0.2, -0.15) is 0 Å². The zero-order chi connectivity index (χ0) is 12.7. The number of hydrogen-bond acceptors (Lipinski definition) is 2. The Morgan fingerprint density at radius 1 is 1.47 bits per heavy atom. The fourth-order valence-electron chi connectivity index (χ4n) is 1.32. The van der Waals surface area contributed by atoms with Crippen LogP contribution in [-0.2, 0) is 0 Å². The number of anilines is 1. The van der Waals surface area contributed by atoms with Crippen LogP contribution in [0.4, 0.5) is 10.1 Å². The number of nitrogens with zero attached hydrogens (tertiary/aromatic N) is 1. The molecule has 0 unspecified atom stereocenters. The van der Waals surface area contributed by atoms with Gasteiger partial charge in [-0.05, 0) is 31.0 Å². The Balaban J connectivity index is 2.70. The quantitative estimate of drug-likeness (QED) is 0.248. The average molecular weight is 238 g/mol. The molecule has 0 amide bonds. The van der Waals surface area contributed by atoms with Crippen LogP contribution in [-0.4, -0.2) is 12.5 Å². The van der Waals surface area contributed by atoms with Gasteiger partial charge >= 0.3 is 0 Å². The van der Waals surface area contributed by atoms with Crippen molar-refractivity contribution in [1.29, 1.82) is 0 Å². The minimum absolute atomic E-state index is 0.316. The van der Waals surface area contributed by atoms with Gasteiger partial charge in [-0.1, -0.05) is 19.4 Å². The van der Waals surface area contributed by atoms with Crippen molar-refractivity contribution in [2.45, 2.75) is 26.7 Å². The first-order chi connectivity index (χ1) is 8.17.